The minimum absolute atomic E-state index is 0.0248. The van der Waals surface area contributed by atoms with Crippen molar-refractivity contribution in [2.75, 3.05) is 13.2 Å². The van der Waals surface area contributed by atoms with E-state index >= 15 is 0 Å². The van der Waals surface area contributed by atoms with Crippen molar-refractivity contribution in [2.24, 2.45) is 5.73 Å². The summed E-state index contributed by atoms with van der Waals surface area (Å²) < 4.78 is 6.48. The number of hydrogen-bond acceptors (Lipinski definition) is 5. The number of aliphatic hydroxyl groups is 1. The first kappa shape index (κ1) is 26.0. The number of nitrogens with one attached hydrogen (secondary N) is 1. The summed E-state index contributed by atoms with van der Waals surface area (Å²) in [4.78, 5) is 14.8. The molecule has 1 heterocycles. The van der Waals surface area contributed by atoms with Crippen LogP contribution < -0.4 is 11.1 Å². The number of hydrogen-bond donors (Lipinski definition) is 3. The van der Waals surface area contributed by atoms with Gasteiger partial charge in [0.15, 0.2) is 8.32 Å². The molecule has 1 fully saturated rings. The summed E-state index contributed by atoms with van der Waals surface area (Å²) in [5.41, 5.74) is 6.59. The lowest BCUT2D eigenvalue weighted by atomic mass is 9.87. The third kappa shape index (κ3) is 5.96. The number of likely N-dealkylation sites (tertiary alicyclic amines) is 1. The highest BCUT2D eigenvalue weighted by molar-refractivity contribution is 6.74. The average Bonchev–Trinajstić information content (AvgIpc) is 3.08. The minimum Gasteiger partial charge on any atom is -0.412 e. The summed E-state index contributed by atoms with van der Waals surface area (Å²) in [5.74, 6) is -0.418. The first-order valence-electron chi connectivity index (χ1n) is 11.5. The van der Waals surface area contributed by atoms with E-state index in [1.807, 2.05) is 25.1 Å². The van der Waals surface area contributed by atoms with Crippen molar-refractivity contribution in [1.82, 2.24) is 10.2 Å². The van der Waals surface area contributed by atoms with Crippen LogP contribution in [0.15, 0.2) is 30.3 Å². The highest BCUT2D eigenvalue weighted by atomic mass is 28.4. The van der Waals surface area contributed by atoms with Gasteiger partial charge in [-0.15, -0.1) is 0 Å². The quantitative estimate of drug-likeness (QED) is 0.477. The number of primary amides is 1. The number of aliphatic hydroxyl groups excluding tert-OH is 1. The molecular weight excluding hydrogens is 406 g/mol. The van der Waals surface area contributed by atoms with Crippen LogP contribution in [-0.2, 0) is 15.8 Å². The van der Waals surface area contributed by atoms with E-state index in [9.17, 15) is 9.90 Å². The summed E-state index contributed by atoms with van der Waals surface area (Å²) in [6.07, 6.45) is 1.53. The summed E-state index contributed by atoms with van der Waals surface area (Å²) in [6, 6.07) is 9.56. The van der Waals surface area contributed by atoms with E-state index in [1.165, 1.54) is 5.56 Å². The van der Waals surface area contributed by atoms with Crippen LogP contribution in [0.4, 0.5) is 0 Å². The van der Waals surface area contributed by atoms with Crippen molar-refractivity contribution in [1.29, 1.82) is 0 Å². The first-order chi connectivity index (χ1) is 14.3. The first-order valence-corrected chi connectivity index (χ1v) is 14.4. The molecule has 1 aliphatic heterocycles. The Labute approximate surface area is 189 Å². The highest BCUT2D eigenvalue weighted by Gasteiger charge is 2.47. The maximum atomic E-state index is 12.4. The van der Waals surface area contributed by atoms with Gasteiger partial charge in [0, 0.05) is 12.6 Å². The summed E-state index contributed by atoms with van der Waals surface area (Å²) >= 11 is 0. The van der Waals surface area contributed by atoms with Gasteiger partial charge in [0.2, 0.25) is 5.91 Å². The fourth-order valence-corrected chi connectivity index (χ4v) is 5.81. The van der Waals surface area contributed by atoms with Crippen LogP contribution in [-0.4, -0.2) is 61.1 Å². The molecule has 6 nitrogen and oxygen atoms in total. The predicted molar refractivity (Wildman–Crippen MR) is 129 cm³/mol. The number of nitrogens with zero attached hydrogens (tertiary/aromatic N) is 1. The molecule has 1 amide bonds. The zero-order valence-corrected chi connectivity index (χ0v) is 21.4. The van der Waals surface area contributed by atoms with Gasteiger partial charge in [0.1, 0.15) is 6.04 Å². The molecule has 0 radical (unpaired) electrons. The molecule has 2 rings (SSSR count). The molecule has 1 aromatic rings. The smallest absolute Gasteiger partial charge is 0.237 e. The third-order valence-corrected chi connectivity index (χ3v) is 12.0. The topological polar surface area (TPSA) is 87.8 Å². The Hall–Kier alpha value is -1.25. The van der Waals surface area contributed by atoms with Crippen LogP contribution in [0.2, 0.25) is 18.1 Å². The Morgan fingerprint density at radius 2 is 1.90 bits per heavy atom. The molecule has 1 saturated heterocycles. The number of carbonyl (C=O) groups excluding carboxylic acids is 1. The van der Waals surface area contributed by atoms with Gasteiger partial charge in [-0.05, 0) is 56.9 Å². The molecule has 0 saturated carbocycles. The van der Waals surface area contributed by atoms with Gasteiger partial charge in [0.25, 0.3) is 0 Å². The molecule has 0 bridgehead atoms. The van der Waals surface area contributed by atoms with Crippen LogP contribution in [0.25, 0.3) is 0 Å². The number of amides is 1. The van der Waals surface area contributed by atoms with E-state index in [0.717, 1.165) is 25.9 Å². The van der Waals surface area contributed by atoms with Crippen LogP contribution in [0.5, 0.6) is 0 Å². The van der Waals surface area contributed by atoms with Crippen molar-refractivity contribution in [3.05, 3.63) is 35.9 Å². The number of carbonyl (C=O) groups is 1. The molecule has 0 aromatic heterocycles. The maximum absolute atomic E-state index is 12.4. The Bertz CT molecular complexity index is 723. The zero-order valence-electron chi connectivity index (χ0n) is 20.4. The van der Waals surface area contributed by atoms with Gasteiger partial charge in [-0.1, -0.05) is 51.1 Å². The number of benzene rings is 1. The van der Waals surface area contributed by atoms with Gasteiger partial charge in [-0.3, -0.25) is 15.0 Å². The van der Waals surface area contributed by atoms with E-state index in [1.54, 1.807) is 0 Å². The predicted octanol–water partition coefficient (Wildman–Crippen LogP) is 3.26. The van der Waals surface area contributed by atoms with Crippen molar-refractivity contribution in [3.63, 3.8) is 0 Å². The monoisotopic (exact) mass is 449 g/mol. The van der Waals surface area contributed by atoms with E-state index < -0.39 is 25.8 Å². The Balaban J connectivity index is 2.19. The maximum Gasteiger partial charge on any atom is 0.237 e. The minimum atomic E-state index is -2.06. The second kappa shape index (κ2) is 10.1. The van der Waals surface area contributed by atoms with Crippen LogP contribution in [0.3, 0.4) is 0 Å². The van der Waals surface area contributed by atoms with Gasteiger partial charge < -0.3 is 15.3 Å². The molecule has 0 aliphatic carbocycles. The largest absolute Gasteiger partial charge is 0.412 e. The van der Waals surface area contributed by atoms with Gasteiger partial charge in [-0.2, -0.15) is 0 Å². The van der Waals surface area contributed by atoms with E-state index in [-0.39, 0.29) is 23.8 Å². The summed E-state index contributed by atoms with van der Waals surface area (Å²) in [6.45, 7) is 16.6. The van der Waals surface area contributed by atoms with Crippen LogP contribution >= 0.6 is 0 Å². The second-order valence-electron chi connectivity index (χ2n) is 10.6. The summed E-state index contributed by atoms with van der Waals surface area (Å²) in [5, 5.41) is 14.0. The standard InChI is InChI=1S/C24H43N3O3Si/c1-18(30-31(6,7)23(3,4)5)21(22(25)29)26-19(2)24(17-28)14-11-15-27(24)16-20-12-9-8-10-13-20/h8-10,12-13,18-19,21,26,28H,11,14-17H2,1-7H3,(H2,25,29)/t18?,19?,21-,24?/m0/s1. The molecule has 1 aromatic carbocycles. The van der Waals surface area contributed by atoms with Crippen molar-refractivity contribution < 1.29 is 14.3 Å². The van der Waals surface area contributed by atoms with Gasteiger partial charge in [0.05, 0.1) is 18.2 Å². The molecule has 4 N–H and O–H groups in total. The lowest BCUT2D eigenvalue weighted by Gasteiger charge is -2.45. The normalized spacial score (nSPS) is 23.5. The van der Waals surface area contributed by atoms with E-state index in [4.69, 9.17) is 10.2 Å². The van der Waals surface area contributed by atoms with Gasteiger partial charge >= 0.3 is 0 Å². The lowest BCUT2D eigenvalue weighted by Crippen LogP contribution is -2.64. The molecule has 4 atom stereocenters. The molecular formula is C24H43N3O3Si. The molecule has 0 spiro atoms. The Morgan fingerprint density at radius 1 is 1.29 bits per heavy atom. The van der Waals surface area contributed by atoms with Crippen molar-refractivity contribution in [3.8, 4) is 0 Å². The van der Waals surface area contributed by atoms with Crippen LogP contribution in [0, 0.1) is 0 Å². The third-order valence-electron chi connectivity index (χ3n) is 7.46. The SMILES string of the molecule is CC(O[Si](C)(C)C(C)(C)C)[C@H](NC(C)C1(CO)CCCN1Cc1ccccc1)C(N)=O. The molecule has 1 aliphatic rings. The Kier molecular flexibility index (Phi) is 8.50. The average molecular weight is 450 g/mol. The number of rotatable bonds is 10. The van der Waals surface area contributed by atoms with E-state index in [2.05, 4.69) is 63.1 Å². The fourth-order valence-electron chi connectivity index (χ4n) is 4.39. The molecule has 176 valence electrons. The fraction of sp³-hybridized carbons (Fsp3) is 0.708. The van der Waals surface area contributed by atoms with Gasteiger partial charge in [-0.25, -0.2) is 0 Å². The Morgan fingerprint density at radius 3 is 2.42 bits per heavy atom. The van der Waals surface area contributed by atoms with Crippen LogP contribution in [0.1, 0.15) is 53.0 Å². The van der Waals surface area contributed by atoms with Crippen molar-refractivity contribution in [2.45, 2.75) is 95.9 Å². The molecule has 31 heavy (non-hydrogen) atoms. The molecule has 7 heteroatoms. The highest BCUT2D eigenvalue weighted by Crippen LogP contribution is 2.38. The number of nitrogens with two attached hydrogens (primary N) is 1. The second-order valence-corrected chi connectivity index (χ2v) is 15.4. The zero-order chi connectivity index (χ0) is 23.4. The summed E-state index contributed by atoms with van der Waals surface area (Å²) in [7, 11) is -2.06. The lowest BCUT2D eigenvalue weighted by molar-refractivity contribution is -0.123. The van der Waals surface area contributed by atoms with Crippen molar-refractivity contribution >= 4 is 14.2 Å². The molecule has 3 unspecified atom stereocenters. The van der Waals surface area contributed by atoms with E-state index in [0.29, 0.717) is 0 Å².